The number of aryl methyl sites for hydroxylation is 1. The molecule has 210 valence electrons. The lowest BCUT2D eigenvalue weighted by Crippen LogP contribution is -2.64. The van der Waals surface area contributed by atoms with Gasteiger partial charge < -0.3 is 35.6 Å². The minimum Gasteiger partial charge on any atom is -0.479 e. The molecule has 0 amide bonds. The Bertz CT molecular complexity index is 832. The summed E-state index contributed by atoms with van der Waals surface area (Å²) in [5, 5.41) is 38.8. The summed E-state index contributed by atoms with van der Waals surface area (Å²) in [7, 11) is 0. The summed E-state index contributed by atoms with van der Waals surface area (Å²) in [5.74, 6) is -2.23. The van der Waals surface area contributed by atoms with Gasteiger partial charge in [-0.25, -0.2) is 9.59 Å². The van der Waals surface area contributed by atoms with Crippen LogP contribution in [-0.4, -0.2) is 63.0 Å². The van der Waals surface area contributed by atoms with Crippen molar-refractivity contribution in [1.29, 1.82) is 0 Å². The molecule has 0 spiro atoms. The van der Waals surface area contributed by atoms with Crippen molar-refractivity contribution in [3.05, 3.63) is 29.3 Å². The van der Waals surface area contributed by atoms with E-state index >= 15 is 0 Å². The van der Waals surface area contributed by atoms with Crippen LogP contribution < -0.4 is 10.5 Å². The number of ether oxygens (including phenoxy) is 2. The lowest BCUT2D eigenvalue weighted by atomic mass is 9.97. The number of carboxylic acids is 2. The fraction of sp³-hybridized carbons (Fsp3) is 0.714. The van der Waals surface area contributed by atoms with Gasteiger partial charge in [-0.05, 0) is 36.6 Å². The first-order chi connectivity index (χ1) is 17.8. The molecule has 1 aliphatic heterocycles. The standard InChI is InChI=1S/C28H45NO8/c1-2-3-4-5-6-7-8-9-10-11-12-13-14-15-19-18-20(16-17-21(19)26(32)33)36-28-22(29)23(30)24(31)25(37-28)27(34)35/h16-18,22-25,28,30-31H,2-15,29H2,1H3,(H,32,33)(H,34,35)/t22-,23-,24+,25+,28-/m1/s1. The third-order valence-corrected chi connectivity index (χ3v) is 7.00. The van der Waals surface area contributed by atoms with Gasteiger partial charge in [0.05, 0.1) is 11.6 Å². The van der Waals surface area contributed by atoms with Crippen LogP contribution in [0.3, 0.4) is 0 Å². The number of carbonyl (C=O) groups is 2. The first-order valence-electron chi connectivity index (χ1n) is 13.8. The van der Waals surface area contributed by atoms with Crippen LogP contribution in [-0.2, 0) is 16.0 Å². The monoisotopic (exact) mass is 523 g/mol. The van der Waals surface area contributed by atoms with Crippen LogP contribution >= 0.6 is 0 Å². The summed E-state index contributed by atoms with van der Waals surface area (Å²) >= 11 is 0. The fourth-order valence-corrected chi connectivity index (χ4v) is 4.72. The van der Waals surface area contributed by atoms with E-state index in [1.807, 2.05) is 0 Å². The highest BCUT2D eigenvalue weighted by atomic mass is 16.7. The second-order valence-corrected chi connectivity index (χ2v) is 10.1. The van der Waals surface area contributed by atoms with Crippen LogP contribution in [0.4, 0.5) is 0 Å². The number of hydrogen-bond acceptors (Lipinski definition) is 7. The maximum atomic E-state index is 11.7. The predicted octanol–water partition coefficient (Wildman–Crippen LogP) is 4.26. The van der Waals surface area contributed by atoms with Gasteiger partial charge in [0, 0.05) is 0 Å². The van der Waals surface area contributed by atoms with Gasteiger partial charge in [0.15, 0.2) is 6.10 Å². The van der Waals surface area contributed by atoms with E-state index in [0.717, 1.165) is 19.3 Å². The highest BCUT2D eigenvalue weighted by Crippen LogP contribution is 2.26. The topological polar surface area (TPSA) is 160 Å². The Hall–Kier alpha value is -2.20. The molecule has 0 aliphatic carbocycles. The number of carboxylic acid groups (broad SMARTS) is 2. The van der Waals surface area contributed by atoms with Gasteiger partial charge >= 0.3 is 11.9 Å². The van der Waals surface area contributed by atoms with Gasteiger partial charge in [-0.15, -0.1) is 0 Å². The number of unbranched alkanes of at least 4 members (excludes halogenated alkanes) is 12. The van der Waals surface area contributed by atoms with Crippen molar-refractivity contribution in [2.75, 3.05) is 0 Å². The molecule has 1 aromatic rings. The summed E-state index contributed by atoms with van der Waals surface area (Å²) < 4.78 is 11.0. The molecule has 1 aliphatic rings. The van der Waals surface area contributed by atoms with E-state index < -0.39 is 42.6 Å². The predicted molar refractivity (Wildman–Crippen MR) is 140 cm³/mol. The van der Waals surface area contributed by atoms with E-state index in [1.54, 1.807) is 6.07 Å². The van der Waals surface area contributed by atoms with Crippen LogP contribution in [0.25, 0.3) is 0 Å². The molecule has 1 heterocycles. The molecule has 9 nitrogen and oxygen atoms in total. The number of aliphatic hydroxyl groups is 2. The number of aromatic carboxylic acids is 1. The van der Waals surface area contributed by atoms with Crippen molar-refractivity contribution in [2.24, 2.45) is 5.73 Å². The van der Waals surface area contributed by atoms with E-state index in [9.17, 15) is 30.0 Å². The number of rotatable bonds is 18. The minimum absolute atomic E-state index is 0.180. The van der Waals surface area contributed by atoms with Gasteiger partial charge in [-0.1, -0.05) is 84.0 Å². The Morgan fingerprint density at radius 3 is 1.92 bits per heavy atom. The van der Waals surface area contributed by atoms with Gasteiger partial charge in [-0.3, -0.25) is 0 Å². The second-order valence-electron chi connectivity index (χ2n) is 10.1. The van der Waals surface area contributed by atoms with Gasteiger partial charge in [-0.2, -0.15) is 0 Å². The van der Waals surface area contributed by atoms with E-state index in [1.165, 1.54) is 76.3 Å². The third-order valence-electron chi connectivity index (χ3n) is 7.00. The Morgan fingerprint density at radius 1 is 0.865 bits per heavy atom. The summed E-state index contributed by atoms with van der Waals surface area (Å²) in [5.41, 5.74) is 6.67. The molecule has 37 heavy (non-hydrogen) atoms. The Balaban J connectivity index is 1.79. The maximum Gasteiger partial charge on any atom is 0.335 e. The summed E-state index contributed by atoms with van der Waals surface area (Å²) in [4.78, 5) is 23.0. The highest BCUT2D eigenvalue weighted by Gasteiger charge is 2.47. The van der Waals surface area contributed by atoms with Crippen molar-refractivity contribution >= 4 is 11.9 Å². The molecule has 9 heteroatoms. The fourth-order valence-electron chi connectivity index (χ4n) is 4.72. The van der Waals surface area contributed by atoms with Gasteiger partial charge in [0.25, 0.3) is 0 Å². The lowest BCUT2D eigenvalue weighted by Gasteiger charge is -2.39. The molecule has 0 saturated carbocycles. The average molecular weight is 524 g/mol. The summed E-state index contributed by atoms with van der Waals surface area (Å²) in [6.45, 7) is 2.24. The molecule has 6 N–H and O–H groups in total. The zero-order valence-corrected chi connectivity index (χ0v) is 22.0. The van der Waals surface area contributed by atoms with Crippen LogP contribution in [0.5, 0.6) is 5.75 Å². The van der Waals surface area contributed by atoms with Crippen molar-refractivity contribution in [3.63, 3.8) is 0 Å². The van der Waals surface area contributed by atoms with Gasteiger partial charge in [0.1, 0.15) is 18.0 Å². The molecule has 0 unspecified atom stereocenters. The molecule has 2 rings (SSSR count). The first kappa shape index (κ1) is 31.0. The zero-order valence-electron chi connectivity index (χ0n) is 22.0. The smallest absolute Gasteiger partial charge is 0.335 e. The number of aliphatic carboxylic acids is 1. The molecule has 5 atom stereocenters. The number of hydrogen-bond donors (Lipinski definition) is 5. The second kappa shape index (κ2) is 16.6. The van der Waals surface area contributed by atoms with Crippen LogP contribution in [0, 0.1) is 0 Å². The Morgan fingerprint density at radius 2 is 1.41 bits per heavy atom. The SMILES string of the molecule is CCCCCCCCCCCCCCCc1cc(O[C@@H]2O[C@H](C(=O)O)[C@@H](O)[C@H](O)[C@H]2N)ccc1C(=O)O. The first-order valence-corrected chi connectivity index (χ1v) is 13.8. The van der Waals surface area contributed by atoms with E-state index in [0.29, 0.717) is 12.0 Å². The quantitative estimate of drug-likeness (QED) is 0.177. The third kappa shape index (κ3) is 10.2. The van der Waals surface area contributed by atoms with Crippen molar-refractivity contribution in [1.82, 2.24) is 0 Å². The molecule has 0 radical (unpaired) electrons. The maximum absolute atomic E-state index is 11.7. The molecule has 0 aromatic heterocycles. The van der Waals surface area contributed by atoms with Gasteiger partial charge in [0.2, 0.25) is 6.29 Å². The van der Waals surface area contributed by atoms with Crippen molar-refractivity contribution in [2.45, 2.75) is 127 Å². The number of benzene rings is 1. The van der Waals surface area contributed by atoms with Crippen LogP contribution in [0.1, 0.15) is 106 Å². The largest absolute Gasteiger partial charge is 0.479 e. The lowest BCUT2D eigenvalue weighted by molar-refractivity contribution is -0.236. The highest BCUT2D eigenvalue weighted by molar-refractivity contribution is 5.89. The van der Waals surface area contributed by atoms with E-state index in [-0.39, 0.29) is 11.3 Å². The van der Waals surface area contributed by atoms with Crippen molar-refractivity contribution in [3.8, 4) is 5.75 Å². The Kier molecular flexibility index (Phi) is 13.9. The number of nitrogens with two attached hydrogens (primary N) is 1. The van der Waals surface area contributed by atoms with Crippen molar-refractivity contribution < 1.29 is 39.5 Å². The van der Waals surface area contributed by atoms with E-state index in [4.69, 9.17) is 15.2 Å². The minimum atomic E-state index is -1.69. The van der Waals surface area contributed by atoms with E-state index in [2.05, 4.69) is 6.92 Å². The normalized spacial score (nSPS) is 23.6. The van der Waals surface area contributed by atoms with Crippen LogP contribution in [0.2, 0.25) is 0 Å². The molecule has 1 fully saturated rings. The van der Waals surface area contributed by atoms with Crippen LogP contribution in [0.15, 0.2) is 18.2 Å². The zero-order chi connectivity index (χ0) is 27.2. The molecule has 0 bridgehead atoms. The Labute approximate surface area is 220 Å². The molecular weight excluding hydrogens is 478 g/mol. The molecular formula is C28H45NO8. The molecule has 1 saturated heterocycles. The number of aliphatic hydroxyl groups excluding tert-OH is 2. The average Bonchev–Trinajstić information content (AvgIpc) is 2.86. The summed E-state index contributed by atoms with van der Waals surface area (Å²) in [6, 6.07) is 3.28. The summed E-state index contributed by atoms with van der Waals surface area (Å²) in [6.07, 6.45) is 10.3. The molecule has 1 aromatic carbocycles.